The maximum absolute atomic E-state index is 13.2. The molecular formula is C19H18ClF3N4O3. The van der Waals surface area contributed by atoms with Gasteiger partial charge in [0.05, 0.1) is 10.6 Å². The first-order valence-electron chi connectivity index (χ1n) is 8.95. The molecule has 2 aromatic heterocycles. The average molecular weight is 443 g/mol. The van der Waals surface area contributed by atoms with Crippen LogP contribution in [-0.4, -0.2) is 18.7 Å². The van der Waals surface area contributed by atoms with Gasteiger partial charge in [-0.2, -0.15) is 18.2 Å². The molecule has 1 aromatic carbocycles. The van der Waals surface area contributed by atoms with Crippen LogP contribution in [0.25, 0.3) is 11.2 Å². The molecule has 0 atom stereocenters. The minimum Gasteiger partial charge on any atom is -0.425 e. The van der Waals surface area contributed by atoms with Gasteiger partial charge in [-0.1, -0.05) is 17.7 Å². The van der Waals surface area contributed by atoms with Crippen molar-refractivity contribution in [2.45, 2.75) is 32.6 Å². The summed E-state index contributed by atoms with van der Waals surface area (Å²) in [5.74, 6) is -0.164. The molecule has 0 bridgehead atoms. The number of halogens is 4. The summed E-state index contributed by atoms with van der Waals surface area (Å²) in [5.41, 5.74) is -1.99. The number of nitrogens with zero attached hydrogens (tertiary/aromatic N) is 4. The summed E-state index contributed by atoms with van der Waals surface area (Å²) < 4.78 is 48.7. The first kappa shape index (κ1) is 21.7. The Morgan fingerprint density at radius 1 is 1.27 bits per heavy atom. The van der Waals surface area contributed by atoms with E-state index >= 15 is 0 Å². The maximum atomic E-state index is 13.2. The zero-order valence-electron chi connectivity index (χ0n) is 16.2. The topological polar surface area (TPSA) is 71.1 Å². The number of hydrogen-bond acceptors (Lipinski definition) is 4. The fourth-order valence-corrected chi connectivity index (χ4v) is 3.25. The number of alkyl halides is 3. The molecule has 3 rings (SSSR count). The summed E-state index contributed by atoms with van der Waals surface area (Å²) in [6.07, 6.45) is -2.62. The molecule has 0 saturated carbocycles. The van der Waals surface area contributed by atoms with E-state index in [1.807, 2.05) is 0 Å². The second kappa shape index (κ2) is 8.02. The molecule has 0 amide bonds. The highest BCUT2D eigenvalue weighted by Gasteiger charge is 2.34. The van der Waals surface area contributed by atoms with E-state index in [9.17, 15) is 22.8 Å². The summed E-state index contributed by atoms with van der Waals surface area (Å²) in [6.45, 7) is 5.67. The van der Waals surface area contributed by atoms with E-state index in [-0.39, 0.29) is 36.0 Å². The van der Waals surface area contributed by atoms with Gasteiger partial charge in [0.25, 0.3) is 5.56 Å². The summed E-state index contributed by atoms with van der Waals surface area (Å²) in [4.78, 5) is 29.5. The highest BCUT2D eigenvalue weighted by atomic mass is 35.5. The number of benzene rings is 1. The second-order valence-electron chi connectivity index (χ2n) is 6.43. The molecule has 30 heavy (non-hydrogen) atoms. The molecule has 2 heterocycles. The van der Waals surface area contributed by atoms with Crippen LogP contribution in [0.2, 0.25) is 5.02 Å². The number of rotatable bonds is 6. The van der Waals surface area contributed by atoms with Crippen molar-refractivity contribution in [1.29, 1.82) is 0 Å². The van der Waals surface area contributed by atoms with Crippen molar-refractivity contribution in [3.8, 4) is 11.8 Å². The van der Waals surface area contributed by atoms with E-state index in [1.165, 1.54) is 22.2 Å². The number of imidazole rings is 1. The minimum atomic E-state index is -4.67. The normalized spacial score (nSPS) is 11.8. The van der Waals surface area contributed by atoms with Crippen LogP contribution in [0.1, 0.15) is 18.9 Å². The van der Waals surface area contributed by atoms with E-state index in [1.54, 1.807) is 13.0 Å². The predicted molar refractivity (Wildman–Crippen MR) is 106 cm³/mol. The highest BCUT2D eigenvalue weighted by molar-refractivity contribution is 6.31. The summed E-state index contributed by atoms with van der Waals surface area (Å²) in [5, 5.41) is -0.469. The molecule has 0 spiro atoms. The molecule has 0 aliphatic carbocycles. The van der Waals surface area contributed by atoms with Crippen LogP contribution in [0.3, 0.4) is 0 Å². The van der Waals surface area contributed by atoms with E-state index in [2.05, 4.69) is 11.6 Å². The van der Waals surface area contributed by atoms with Crippen molar-refractivity contribution in [2.24, 2.45) is 7.05 Å². The molecule has 0 aliphatic rings. The first-order chi connectivity index (χ1) is 14.1. The largest absolute Gasteiger partial charge is 0.425 e. The molecule has 7 nitrogen and oxygen atoms in total. The fraction of sp³-hybridized carbons (Fsp3) is 0.316. The van der Waals surface area contributed by atoms with Crippen molar-refractivity contribution in [3.05, 3.63) is 62.3 Å². The Kier molecular flexibility index (Phi) is 5.80. The lowest BCUT2D eigenvalue weighted by atomic mass is 10.2. The maximum Gasteiger partial charge on any atom is 0.417 e. The van der Waals surface area contributed by atoms with E-state index < -0.39 is 28.0 Å². The van der Waals surface area contributed by atoms with Crippen molar-refractivity contribution in [2.75, 3.05) is 0 Å². The fourth-order valence-electron chi connectivity index (χ4n) is 3.03. The standard InChI is InChI=1S/C19H18ClF3N4O3/c1-4-6-9-27-14-15(25(3)18(29)26(5-2)16(14)28)24-17(27)30-11-7-8-13(20)12(10-11)19(21,22)23/h4,7-8,10H,1,5-6,9H2,2-3H3. The predicted octanol–water partition coefficient (Wildman–Crippen LogP) is 3.96. The zero-order chi connectivity index (χ0) is 22.2. The van der Waals surface area contributed by atoms with Gasteiger partial charge in [-0.25, -0.2) is 4.79 Å². The number of aromatic nitrogens is 4. The van der Waals surface area contributed by atoms with Crippen LogP contribution in [-0.2, 0) is 26.3 Å². The Hall–Kier alpha value is -3.01. The summed E-state index contributed by atoms with van der Waals surface area (Å²) in [6, 6.07) is 2.96. The first-order valence-corrected chi connectivity index (χ1v) is 9.33. The van der Waals surface area contributed by atoms with Crippen LogP contribution in [0, 0.1) is 0 Å². The molecule has 0 fully saturated rings. The number of hydrogen-bond donors (Lipinski definition) is 0. The third-order valence-electron chi connectivity index (χ3n) is 4.52. The average Bonchev–Trinajstić information content (AvgIpc) is 3.04. The quantitative estimate of drug-likeness (QED) is 0.542. The van der Waals surface area contributed by atoms with Gasteiger partial charge in [0.1, 0.15) is 5.75 Å². The molecular weight excluding hydrogens is 425 g/mol. The van der Waals surface area contributed by atoms with Crippen LogP contribution in [0.5, 0.6) is 11.8 Å². The molecule has 160 valence electrons. The molecule has 11 heteroatoms. The number of aryl methyl sites for hydroxylation is 2. The minimum absolute atomic E-state index is 0.0683. The van der Waals surface area contributed by atoms with Crippen LogP contribution < -0.4 is 16.0 Å². The summed E-state index contributed by atoms with van der Waals surface area (Å²) >= 11 is 5.65. The smallest absolute Gasteiger partial charge is 0.417 e. The number of fused-ring (bicyclic) bond motifs is 1. The molecule has 3 aromatic rings. The Bertz CT molecular complexity index is 1240. The monoisotopic (exact) mass is 442 g/mol. The van der Waals surface area contributed by atoms with Gasteiger partial charge in [0.15, 0.2) is 11.2 Å². The molecule has 0 radical (unpaired) electrons. The van der Waals surface area contributed by atoms with Crippen LogP contribution >= 0.6 is 11.6 Å². The van der Waals surface area contributed by atoms with Crippen LogP contribution in [0.15, 0.2) is 40.4 Å². The van der Waals surface area contributed by atoms with E-state index in [0.717, 1.165) is 16.7 Å². The van der Waals surface area contributed by atoms with Crippen molar-refractivity contribution in [1.82, 2.24) is 18.7 Å². The lowest BCUT2D eigenvalue weighted by molar-refractivity contribution is -0.137. The van der Waals surface area contributed by atoms with Gasteiger partial charge in [-0.3, -0.25) is 18.5 Å². The van der Waals surface area contributed by atoms with Crippen molar-refractivity contribution >= 4 is 22.8 Å². The Morgan fingerprint density at radius 3 is 2.57 bits per heavy atom. The molecule has 0 N–H and O–H groups in total. The van der Waals surface area contributed by atoms with Gasteiger partial charge in [-0.05, 0) is 31.5 Å². The Morgan fingerprint density at radius 2 is 1.97 bits per heavy atom. The lowest BCUT2D eigenvalue weighted by Gasteiger charge is -2.12. The molecule has 0 saturated heterocycles. The molecule has 0 aliphatic heterocycles. The van der Waals surface area contributed by atoms with Gasteiger partial charge >= 0.3 is 17.9 Å². The van der Waals surface area contributed by atoms with E-state index in [0.29, 0.717) is 6.42 Å². The second-order valence-corrected chi connectivity index (χ2v) is 6.84. The van der Waals surface area contributed by atoms with E-state index in [4.69, 9.17) is 16.3 Å². The van der Waals surface area contributed by atoms with Gasteiger partial charge in [-0.15, -0.1) is 6.58 Å². The third kappa shape index (κ3) is 3.74. The van der Waals surface area contributed by atoms with Crippen molar-refractivity contribution in [3.63, 3.8) is 0 Å². The van der Waals surface area contributed by atoms with Gasteiger partial charge in [0, 0.05) is 20.1 Å². The third-order valence-corrected chi connectivity index (χ3v) is 4.85. The Labute approximate surface area is 173 Å². The van der Waals surface area contributed by atoms with Crippen molar-refractivity contribution < 1.29 is 17.9 Å². The van der Waals surface area contributed by atoms with Gasteiger partial charge < -0.3 is 4.74 Å². The lowest BCUT2D eigenvalue weighted by Crippen LogP contribution is -2.39. The zero-order valence-corrected chi connectivity index (χ0v) is 16.9. The molecule has 0 unspecified atom stereocenters. The number of allylic oxidation sites excluding steroid dienone is 1. The van der Waals surface area contributed by atoms with Crippen LogP contribution in [0.4, 0.5) is 13.2 Å². The SMILES string of the molecule is C=CCCn1c(Oc2ccc(Cl)c(C(F)(F)F)c2)nc2c1c(=O)n(CC)c(=O)n2C. The number of ether oxygens (including phenoxy) is 1. The highest BCUT2D eigenvalue weighted by Crippen LogP contribution is 2.37. The summed E-state index contributed by atoms with van der Waals surface area (Å²) in [7, 11) is 1.45. The Balaban J connectivity index is 2.23. The van der Waals surface area contributed by atoms with Gasteiger partial charge in [0.2, 0.25) is 0 Å².